The minimum absolute atomic E-state index is 0.217. The van der Waals surface area contributed by atoms with Crippen molar-refractivity contribution in [2.75, 3.05) is 0 Å². The Balaban J connectivity index is 1.81. The highest BCUT2D eigenvalue weighted by molar-refractivity contribution is 7.99. The summed E-state index contributed by atoms with van der Waals surface area (Å²) in [5.74, 6) is -0.433. The SMILES string of the molecule is CC(C)(O)Cn1cc(-c2cc(Sc3ncccc3F)c3c(C#N)cnn3c2)cn1. The van der Waals surface area contributed by atoms with Crippen LogP contribution >= 0.6 is 11.8 Å². The van der Waals surface area contributed by atoms with Gasteiger partial charge in [-0.3, -0.25) is 4.68 Å². The van der Waals surface area contributed by atoms with Gasteiger partial charge in [-0.15, -0.1) is 0 Å². The molecule has 4 aromatic rings. The second-order valence-corrected chi connectivity index (χ2v) is 8.22. The van der Waals surface area contributed by atoms with E-state index in [4.69, 9.17) is 0 Å². The standard InChI is InChI=1S/C20H17FN6OS/c1-20(2,28)12-26-10-15(9-24-26)13-6-17(29-19-16(21)4-3-5-23-19)18-14(7-22)8-25-27(18)11-13/h3-6,8-11,28H,12H2,1-2H3. The van der Waals surface area contributed by atoms with Crippen LogP contribution in [0.1, 0.15) is 19.4 Å². The van der Waals surface area contributed by atoms with Crippen molar-refractivity contribution in [3.05, 3.63) is 60.6 Å². The van der Waals surface area contributed by atoms with Gasteiger partial charge in [0.1, 0.15) is 11.1 Å². The van der Waals surface area contributed by atoms with Crippen LogP contribution in [0.5, 0.6) is 0 Å². The van der Waals surface area contributed by atoms with Crippen LogP contribution < -0.4 is 0 Å². The van der Waals surface area contributed by atoms with Crippen LogP contribution in [0.2, 0.25) is 0 Å². The van der Waals surface area contributed by atoms with Gasteiger partial charge in [0.15, 0.2) is 5.82 Å². The third-order valence-electron chi connectivity index (χ3n) is 4.14. The van der Waals surface area contributed by atoms with Gasteiger partial charge in [0, 0.05) is 34.6 Å². The van der Waals surface area contributed by atoms with E-state index >= 15 is 0 Å². The molecule has 0 unspecified atom stereocenters. The lowest BCUT2D eigenvalue weighted by molar-refractivity contribution is 0.0577. The van der Waals surface area contributed by atoms with Crippen LogP contribution in [-0.2, 0) is 6.54 Å². The molecule has 0 saturated carbocycles. The zero-order valence-corrected chi connectivity index (χ0v) is 16.6. The lowest BCUT2D eigenvalue weighted by Crippen LogP contribution is -2.26. The average molecular weight is 408 g/mol. The van der Waals surface area contributed by atoms with Crippen molar-refractivity contribution >= 4 is 17.3 Å². The highest BCUT2D eigenvalue weighted by Crippen LogP contribution is 2.35. The van der Waals surface area contributed by atoms with Crippen LogP contribution in [0, 0.1) is 17.1 Å². The molecule has 4 aromatic heterocycles. The van der Waals surface area contributed by atoms with E-state index < -0.39 is 11.4 Å². The first-order chi connectivity index (χ1) is 13.8. The maximum Gasteiger partial charge on any atom is 0.155 e. The lowest BCUT2D eigenvalue weighted by atomic mass is 10.1. The fourth-order valence-corrected chi connectivity index (χ4v) is 3.92. The maximum absolute atomic E-state index is 14.2. The molecule has 0 amide bonds. The third-order valence-corrected chi connectivity index (χ3v) is 5.17. The van der Waals surface area contributed by atoms with Crippen molar-refractivity contribution in [1.82, 2.24) is 24.4 Å². The second-order valence-electron chi connectivity index (χ2n) is 7.19. The van der Waals surface area contributed by atoms with Crippen molar-refractivity contribution in [1.29, 1.82) is 5.26 Å². The van der Waals surface area contributed by atoms with E-state index in [1.807, 2.05) is 12.3 Å². The molecule has 9 heteroatoms. The molecular formula is C20H17FN6OS. The molecule has 0 radical (unpaired) electrons. The van der Waals surface area contributed by atoms with Crippen LogP contribution in [0.15, 0.2) is 59.1 Å². The Morgan fingerprint density at radius 1 is 1.24 bits per heavy atom. The van der Waals surface area contributed by atoms with E-state index in [1.54, 1.807) is 35.4 Å². The number of fused-ring (bicyclic) bond motifs is 1. The summed E-state index contributed by atoms with van der Waals surface area (Å²) in [4.78, 5) is 4.76. The molecule has 4 heterocycles. The first kappa shape index (κ1) is 19.1. The van der Waals surface area contributed by atoms with Gasteiger partial charge in [0.05, 0.1) is 35.6 Å². The molecule has 0 saturated heterocycles. The minimum Gasteiger partial charge on any atom is -0.389 e. The summed E-state index contributed by atoms with van der Waals surface area (Å²) in [5.41, 5.74) is 1.71. The van der Waals surface area contributed by atoms with Crippen molar-refractivity contribution < 1.29 is 9.50 Å². The highest BCUT2D eigenvalue weighted by atomic mass is 32.2. The predicted molar refractivity (Wildman–Crippen MR) is 106 cm³/mol. The van der Waals surface area contributed by atoms with E-state index in [-0.39, 0.29) is 5.03 Å². The number of hydrogen-bond acceptors (Lipinski definition) is 6. The zero-order chi connectivity index (χ0) is 20.6. The van der Waals surface area contributed by atoms with Gasteiger partial charge < -0.3 is 5.11 Å². The van der Waals surface area contributed by atoms with E-state index in [1.165, 1.54) is 24.5 Å². The van der Waals surface area contributed by atoms with Crippen molar-refractivity contribution in [3.63, 3.8) is 0 Å². The van der Waals surface area contributed by atoms with Gasteiger partial charge in [0.2, 0.25) is 0 Å². The van der Waals surface area contributed by atoms with Gasteiger partial charge in [-0.05, 0) is 32.0 Å². The monoisotopic (exact) mass is 408 g/mol. The molecule has 0 aliphatic carbocycles. The Hall–Kier alpha value is -3.22. The summed E-state index contributed by atoms with van der Waals surface area (Å²) in [6.45, 7) is 3.77. The first-order valence-electron chi connectivity index (χ1n) is 8.79. The van der Waals surface area contributed by atoms with Crippen LogP contribution in [0.3, 0.4) is 0 Å². The van der Waals surface area contributed by atoms with Crippen LogP contribution in [0.4, 0.5) is 4.39 Å². The topological polar surface area (TPSA) is 92.0 Å². The van der Waals surface area contributed by atoms with Gasteiger partial charge in [-0.2, -0.15) is 15.5 Å². The summed E-state index contributed by atoms with van der Waals surface area (Å²) in [7, 11) is 0. The Morgan fingerprint density at radius 2 is 2.07 bits per heavy atom. The van der Waals surface area contributed by atoms with Crippen LogP contribution in [0.25, 0.3) is 16.6 Å². The fourth-order valence-electron chi connectivity index (χ4n) is 2.95. The maximum atomic E-state index is 14.2. The molecule has 0 fully saturated rings. The summed E-state index contributed by atoms with van der Waals surface area (Å²) in [5, 5.41) is 28.2. The number of aromatic nitrogens is 5. The minimum atomic E-state index is -0.894. The van der Waals surface area contributed by atoms with Crippen molar-refractivity contribution in [2.24, 2.45) is 0 Å². The molecule has 0 bridgehead atoms. The molecule has 4 rings (SSSR count). The summed E-state index contributed by atoms with van der Waals surface area (Å²) < 4.78 is 17.4. The molecular weight excluding hydrogens is 391 g/mol. The highest BCUT2D eigenvalue weighted by Gasteiger charge is 2.17. The van der Waals surface area contributed by atoms with E-state index in [9.17, 15) is 14.8 Å². The molecule has 0 atom stereocenters. The predicted octanol–water partition coefficient (Wildman–Crippen LogP) is 3.53. The number of rotatable bonds is 5. The van der Waals surface area contributed by atoms with Gasteiger partial charge in [0.25, 0.3) is 0 Å². The van der Waals surface area contributed by atoms with Gasteiger partial charge in [-0.1, -0.05) is 11.8 Å². The average Bonchev–Trinajstić information content (AvgIpc) is 3.28. The number of nitriles is 1. The Kier molecular flexibility index (Phi) is 4.82. The molecule has 0 aromatic carbocycles. The fraction of sp³-hybridized carbons (Fsp3) is 0.200. The molecule has 146 valence electrons. The molecule has 1 N–H and O–H groups in total. The van der Waals surface area contributed by atoms with E-state index in [0.29, 0.717) is 22.5 Å². The molecule has 0 aliphatic heterocycles. The molecule has 0 aliphatic rings. The zero-order valence-electron chi connectivity index (χ0n) is 15.7. The second kappa shape index (κ2) is 7.31. The number of hydrogen-bond donors (Lipinski definition) is 1. The largest absolute Gasteiger partial charge is 0.389 e. The molecule has 0 spiro atoms. The normalized spacial score (nSPS) is 11.7. The molecule has 29 heavy (non-hydrogen) atoms. The molecule has 7 nitrogen and oxygen atoms in total. The summed E-state index contributed by atoms with van der Waals surface area (Å²) in [6, 6.07) is 6.86. The third kappa shape index (κ3) is 3.99. The van der Waals surface area contributed by atoms with Gasteiger partial charge in [-0.25, -0.2) is 13.9 Å². The summed E-state index contributed by atoms with van der Waals surface area (Å²) in [6.07, 6.45) is 8.31. The number of nitrogens with zero attached hydrogens (tertiary/aromatic N) is 6. The number of halogens is 1. The lowest BCUT2D eigenvalue weighted by Gasteiger charge is -2.16. The van der Waals surface area contributed by atoms with Crippen LogP contribution in [-0.4, -0.2) is 35.1 Å². The Bertz CT molecular complexity index is 1230. The van der Waals surface area contributed by atoms with E-state index in [0.717, 1.165) is 22.9 Å². The van der Waals surface area contributed by atoms with Crippen molar-refractivity contribution in [3.8, 4) is 17.2 Å². The van der Waals surface area contributed by atoms with E-state index in [2.05, 4.69) is 21.3 Å². The number of aliphatic hydroxyl groups is 1. The first-order valence-corrected chi connectivity index (χ1v) is 9.61. The Morgan fingerprint density at radius 3 is 2.79 bits per heavy atom. The van der Waals surface area contributed by atoms with Gasteiger partial charge >= 0.3 is 0 Å². The van der Waals surface area contributed by atoms with Crippen molar-refractivity contribution in [2.45, 2.75) is 35.9 Å². The summed E-state index contributed by atoms with van der Waals surface area (Å²) >= 11 is 1.14. The smallest absolute Gasteiger partial charge is 0.155 e. The quantitative estimate of drug-likeness (QED) is 0.543. The Labute approximate surface area is 170 Å². The number of pyridine rings is 2.